The Bertz CT molecular complexity index is 686. The molecule has 3 nitrogen and oxygen atoms in total. The highest BCUT2D eigenvalue weighted by Crippen LogP contribution is 2.15. The molecular weight excluding hydrogens is 300 g/mol. The summed E-state index contributed by atoms with van der Waals surface area (Å²) in [6.45, 7) is -0.679. The van der Waals surface area contributed by atoms with Gasteiger partial charge in [0.2, 0.25) is 5.78 Å². The number of ketones is 1. The van der Waals surface area contributed by atoms with Gasteiger partial charge in [0, 0.05) is 17.5 Å². The van der Waals surface area contributed by atoms with Gasteiger partial charge in [-0.25, -0.2) is 0 Å². The molecule has 0 saturated heterocycles. The highest BCUT2D eigenvalue weighted by molar-refractivity contribution is 5.96. The van der Waals surface area contributed by atoms with Crippen LogP contribution in [0.5, 0.6) is 5.75 Å². The van der Waals surface area contributed by atoms with Crippen LogP contribution in [0.3, 0.4) is 0 Å². The summed E-state index contributed by atoms with van der Waals surface area (Å²) in [6.07, 6.45) is 0.972. The number of halogens is 2. The highest BCUT2D eigenvalue weighted by atomic mass is 19.3. The number of hydrogen-bond acceptors (Lipinski definition) is 2. The van der Waals surface area contributed by atoms with E-state index in [0.29, 0.717) is 12.1 Å². The maximum absolute atomic E-state index is 12.3. The van der Waals surface area contributed by atoms with Crippen molar-refractivity contribution in [2.75, 3.05) is 13.1 Å². The fourth-order valence-corrected chi connectivity index (χ4v) is 2.95. The molecule has 23 heavy (non-hydrogen) atoms. The molecule has 120 valence electrons. The Morgan fingerprint density at radius 3 is 2.48 bits per heavy atom. The maximum atomic E-state index is 12.3. The van der Waals surface area contributed by atoms with Crippen LogP contribution in [0, 0.1) is 0 Å². The van der Waals surface area contributed by atoms with Gasteiger partial charge in [-0.1, -0.05) is 24.3 Å². The minimum absolute atomic E-state index is 0.0166. The largest absolute Gasteiger partial charge is 0.435 e. The summed E-state index contributed by atoms with van der Waals surface area (Å²) >= 11 is 0. The lowest BCUT2D eigenvalue weighted by atomic mass is 9.99. The molecule has 5 heteroatoms. The van der Waals surface area contributed by atoms with E-state index in [0.717, 1.165) is 19.5 Å². The third-order valence-electron chi connectivity index (χ3n) is 4.12. The van der Waals surface area contributed by atoms with Crippen LogP contribution >= 0.6 is 0 Å². The van der Waals surface area contributed by atoms with Crippen molar-refractivity contribution in [2.24, 2.45) is 0 Å². The topological polar surface area (TPSA) is 30.7 Å². The Kier molecular flexibility index (Phi) is 4.67. The highest BCUT2D eigenvalue weighted by Gasteiger charge is 2.22. The van der Waals surface area contributed by atoms with Crippen molar-refractivity contribution in [1.29, 1.82) is 0 Å². The quantitative estimate of drug-likeness (QED) is 0.856. The lowest BCUT2D eigenvalue weighted by molar-refractivity contribution is -0.907. The number of carbonyl (C=O) groups is 1. The van der Waals surface area contributed by atoms with Gasteiger partial charge in [-0.15, -0.1) is 0 Å². The molecule has 0 fully saturated rings. The summed E-state index contributed by atoms with van der Waals surface area (Å²) < 4.78 is 28.5. The first-order valence-corrected chi connectivity index (χ1v) is 7.60. The Labute approximate surface area is 133 Å². The molecule has 1 aliphatic rings. The van der Waals surface area contributed by atoms with E-state index in [1.807, 2.05) is 12.1 Å². The van der Waals surface area contributed by atoms with Crippen LogP contribution in [-0.2, 0) is 13.0 Å². The Hall–Kier alpha value is -2.27. The van der Waals surface area contributed by atoms with Crippen LogP contribution in [0.25, 0.3) is 0 Å². The number of benzene rings is 2. The summed E-state index contributed by atoms with van der Waals surface area (Å²) in [4.78, 5) is 13.6. The molecule has 1 atom stereocenters. The average molecular weight is 318 g/mol. The van der Waals surface area contributed by atoms with Crippen molar-refractivity contribution in [3.8, 4) is 5.75 Å². The van der Waals surface area contributed by atoms with Gasteiger partial charge in [-0.2, -0.15) is 8.78 Å². The second-order valence-corrected chi connectivity index (χ2v) is 5.70. The zero-order valence-electron chi connectivity index (χ0n) is 12.6. The average Bonchev–Trinajstić information content (AvgIpc) is 2.55. The van der Waals surface area contributed by atoms with Crippen molar-refractivity contribution < 1.29 is 23.2 Å². The van der Waals surface area contributed by atoms with Gasteiger partial charge < -0.3 is 9.64 Å². The van der Waals surface area contributed by atoms with E-state index in [1.165, 1.54) is 40.3 Å². The minimum atomic E-state index is -2.85. The lowest BCUT2D eigenvalue weighted by Gasteiger charge is -2.25. The number of fused-ring (bicyclic) bond motifs is 1. The van der Waals surface area contributed by atoms with Crippen LogP contribution in [0.15, 0.2) is 48.5 Å². The van der Waals surface area contributed by atoms with Gasteiger partial charge in [-0.3, -0.25) is 4.79 Å². The molecule has 3 rings (SSSR count). The first-order valence-electron chi connectivity index (χ1n) is 7.60. The molecule has 0 amide bonds. The van der Waals surface area contributed by atoms with Crippen molar-refractivity contribution in [2.45, 2.75) is 19.6 Å². The van der Waals surface area contributed by atoms with E-state index < -0.39 is 6.61 Å². The van der Waals surface area contributed by atoms with Gasteiger partial charge in [0.25, 0.3) is 0 Å². The maximum Gasteiger partial charge on any atom is 0.387 e. The van der Waals surface area contributed by atoms with Gasteiger partial charge in [-0.05, 0) is 29.8 Å². The number of alkyl halides is 2. The zero-order valence-corrected chi connectivity index (χ0v) is 12.6. The number of Topliss-reactive ketones (excluding diaryl/α,β-unsaturated/α-hetero) is 1. The van der Waals surface area contributed by atoms with Crippen LogP contribution in [-0.4, -0.2) is 25.5 Å². The van der Waals surface area contributed by atoms with Crippen molar-refractivity contribution in [3.05, 3.63) is 65.2 Å². The molecule has 1 unspecified atom stereocenters. The Balaban J connectivity index is 1.61. The molecular formula is C18H18F2NO2+. The minimum Gasteiger partial charge on any atom is -0.435 e. The number of nitrogens with one attached hydrogen (secondary N) is 1. The molecule has 0 bridgehead atoms. The molecule has 0 saturated carbocycles. The number of hydrogen-bond donors (Lipinski definition) is 1. The van der Waals surface area contributed by atoms with E-state index in [2.05, 4.69) is 16.9 Å². The second kappa shape index (κ2) is 6.87. The van der Waals surface area contributed by atoms with E-state index in [-0.39, 0.29) is 11.5 Å². The van der Waals surface area contributed by atoms with E-state index in [1.54, 1.807) is 0 Å². The smallest absolute Gasteiger partial charge is 0.387 e. The van der Waals surface area contributed by atoms with Crippen LogP contribution in [0.2, 0.25) is 0 Å². The molecule has 1 aliphatic heterocycles. The third kappa shape index (κ3) is 3.93. The molecule has 1 heterocycles. The predicted molar refractivity (Wildman–Crippen MR) is 82.0 cm³/mol. The third-order valence-corrected chi connectivity index (χ3v) is 4.12. The monoisotopic (exact) mass is 318 g/mol. The summed E-state index contributed by atoms with van der Waals surface area (Å²) in [6, 6.07) is 14.2. The first kappa shape index (κ1) is 15.6. The molecule has 1 N–H and O–H groups in total. The lowest BCUT2D eigenvalue weighted by Crippen LogP contribution is -3.12. The number of ether oxygens (including phenoxy) is 1. The van der Waals surface area contributed by atoms with E-state index >= 15 is 0 Å². The van der Waals surface area contributed by atoms with Gasteiger partial charge in [0.15, 0.2) is 0 Å². The molecule has 2 aromatic rings. The molecule has 2 aromatic carbocycles. The second-order valence-electron chi connectivity index (χ2n) is 5.70. The van der Waals surface area contributed by atoms with Crippen LogP contribution < -0.4 is 9.64 Å². The summed E-state index contributed by atoms with van der Waals surface area (Å²) in [5.41, 5.74) is 3.18. The van der Waals surface area contributed by atoms with Gasteiger partial charge >= 0.3 is 6.61 Å². The summed E-state index contributed by atoms with van der Waals surface area (Å²) in [5, 5.41) is 0. The normalized spacial score (nSPS) is 16.9. The van der Waals surface area contributed by atoms with Crippen LogP contribution in [0.1, 0.15) is 21.5 Å². The van der Waals surface area contributed by atoms with Crippen LogP contribution in [0.4, 0.5) is 8.78 Å². The SMILES string of the molecule is O=C(C[NH+]1CCc2ccccc2C1)c1ccc(OC(F)F)cc1. The Morgan fingerprint density at radius 2 is 1.78 bits per heavy atom. The van der Waals surface area contributed by atoms with Gasteiger partial charge in [0.05, 0.1) is 6.54 Å². The molecule has 0 aliphatic carbocycles. The van der Waals surface area contributed by atoms with Crippen molar-refractivity contribution >= 4 is 5.78 Å². The molecule has 0 radical (unpaired) electrons. The fraction of sp³-hybridized carbons (Fsp3) is 0.278. The summed E-state index contributed by atoms with van der Waals surface area (Å²) in [7, 11) is 0. The predicted octanol–water partition coefficient (Wildman–Crippen LogP) is 2.11. The van der Waals surface area contributed by atoms with Crippen molar-refractivity contribution in [1.82, 2.24) is 0 Å². The molecule has 0 aromatic heterocycles. The number of rotatable bonds is 5. The molecule has 0 spiro atoms. The van der Waals surface area contributed by atoms with E-state index in [9.17, 15) is 13.6 Å². The first-order chi connectivity index (χ1) is 11.1. The fourth-order valence-electron chi connectivity index (χ4n) is 2.95. The van der Waals surface area contributed by atoms with Gasteiger partial charge in [0.1, 0.15) is 18.8 Å². The number of quaternary nitrogens is 1. The van der Waals surface area contributed by atoms with Crippen molar-refractivity contribution in [3.63, 3.8) is 0 Å². The number of carbonyl (C=O) groups excluding carboxylic acids is 1. The Morgan fingerprint density at radius 1 is 1.09 bits per heavy atom. The summed E-state index contributed by atoms with van der Waals surface area (Å²) in [5.74, 6) is 0.0822. The zero-order chi connectivity index (χ0) is 16.2. The van der Waals surface area contributed by atoms with E-state index in [4.69, 9.17) is 0 Å². The standard InChI is InChI=1S/C18H17F2NO2/c19-18(20)23-16-7-5-14(6-8-16)17(22)12-21-10-9-13-3-1-2-4-15(13)11-21/h1-8,18H,9-12H2/p+1.